The van der Waals surface area contributed by atoms with Crippen molar-refractivity contribution < 1.29 is 14.3 Å². The van der Waals surface area contributed by atoms with E-state index in [1.807, 2.05) is 6.92 Å². The maximum Gasteiger partial charge on any atom is 0.159 e. The van der Waals surface area contributed by atoms with Gasteiger partial charge in [-0.15, -0.1) is 0 Å². The Morgan fingerprint density at radius 3 is 2.33 bits per heavy atom. The second-order valence-corrected chi connectivity index (χ2v) is 4.32. The average molecular weight is 248 g/mol. The van der Waals surface area contributed by atoms with Gasteiger partial charge in [0.25, 0.3) is 0 Å². The first-order valence-corrected chi connectivity index (χ1v) is 6.39. The van der Waals surface area contributed by atoms with Crippen LogP contribution in [-0.2, 0) is 4.79 Å². The topological polar surface area (TPSA) is 43.4 Å². The molecule has 0 bridgehead atoms. The maximum absolute atomic E-state index is 11.3. The fourth-order valence-corrected chi connectivity index (χ4v) is 1.65. The molecule has 0 heterocycles. The van der Waals surface area contributed by atoms with Crippen molar-refractivity contribution in [2.45, 2.75) is 39.5 Å². The second-order valence-electron chi connectivity index (χ2n) is 4.32. The highest BCUT2D eigenvalue weighted by molar-refractivity contribution is 5.94. The predicted molar refractivity (Wildman–Crippen MR) is 71.1 cm³/mol. The predicted octanol–water partition coefficient (Wildman–Crippen LogP) is 3.42. The number of Topliss-reactive ketones (excluding diaryl/α,β-unsaturated/α-hetero) is 2. The molecular formula is C15H20O3. The molecule has 0 N–H and O–H groups in total. The fraction of sp³-hybridized carbons (Fsp3) is 0.467. The van der Waals surface area contributed by atoms with Gasteiger partial charge in [0, 0.05) is 18.4 Å². The van der Waals surface area contributed by atoms with Gasteiger partial charge in [0.1, 0.15) is 11.5 Å². The van der Waals surface area contributed by atoms with Crippen molar-refractivity contribution in [3.8, 4) is 5.75 Å². The maximum atomic E-state index is 11.3. The summed E-state index contributed by atoms with van der Waals surface area (Å²) < 4.78 is 5.51. The first kappa shape index (κ1) is 14.4. The normalized spacial score (nSPS) is 10.1. The van der Waals surface area contributed by atoms with Crippen LogP contribution < -0.4 is 4.74 Å². The highest BCUT2D eigenvalue weighted by Crippen LogP contribution is 2.13. The summed E-state index contributed by atoms with van der Waals surface area (Å²) in [6.45, 7) is 4.08. The van der Waals surface area contributed by atoms with Gasteiger partial charge in [-0.1, -0.05) is 6.92 Å². The molecule has 0 aromatic heterocycles. The van der Waals surface area contributed by atoms with Gasteiger partial charge in [-0.3, -0.25) is 9.59 Å². The summed E-state index contributed by atoms with van der Waals surface area (Å²) in [7, 11) is 0. The summed E-state index contributed by atoms with van der Waals surface area (Å²) in [6, 6.07) is 7.06. The van der Waals surface area contributed by atoms with Crippen LogP contribution in [0.5, 0.6) is 5.75 Å². The van der Waals surface area contributed by atoms with Crippen molar-refractivity contribution in [3.05, 3.63) is 29.8 Å². The first-order chi connectivity index (χ1) is 8.63. The van der Waals surface area contributed by atoms with E-state index in [4.69, 9.17) is 4.74 Å². The van der Waals surface area contributed by atoms with Crippen molar-refractivity contribution >= 4 is 11.6 Å². The number of hydrogen-bond acceptors (Lipinski definition) is 3. The quantitative estimate of drug-likeness (QED) is 0.523. The Labute approximate surface area is 108 Å². The molecule has 0 atom stereocenters. The Kier molecular flexibility index (Phi) is 6.12. The minimum absolute atomic E-state index is 0.0479. The van der Waals surface area contributed by atoms with Crippen LogP contribution in [0.4, 0.5) is 0 Å². The number of rotatable bonds is 8. The Morgan fingerprint density at radius 2 is 1.78 bits per heavy atom. The summed E-state index contributed by atoms with van der Waals surface area (Å²) in [6.07, 6.45) is 2.90. The van der Waals surface area contributed by atoms with Crippen LogP contribution in [0.2, 0.25) is 0 Å². The van der Waals surface area contributed by atoms with Crippen molar-refractivity contribution in [1.29, 1.82) is 0 Å². The molecule has 1 aromatic carbocycles. The lowest BCUT2D eigenvalue weighted by atomic mass is 10.1. The van der Waals surface area contributed by atoms with E-state index >= 15 is 0 Å². The van der Waals surface area contributed by atoms with Crippen LogP contribution in [0, 0.1) is 0 Å². The van der Waals surface area contributed by atoms with Crippen molar-refractivity contribution in [2.24, 2.45) is 0 Å². The minimum Gasteiger partial charge on any atom is -0.494 e. The number of carbonyl (C=O) groups excluding carboxylic acids is 2. The minimum atomic E-state index is 0.0479. The Bertz CT molecular complexity index is 393. The number of ketones is 2. The zero-order valence-electron chi connectivity index (χ0n) is 11.1. The number of benzene rings is 1. The zero-order valence-corrected chi connectivity index (χ0v) is 11.1. The monoisotopic (exact) mass is 248 g/mol. The molecule has 0 aliphatic heterocycles. The third kappa shape index (κ3) is 5.13. The zero-order chi connectivity index (χ0) is 13.4. The number of hydrogen-bond donors (Lipinski definition) is 0. The molecule has 0 aliphatic carbocycles. The molecule has 98 valence electrons. The molecule has 0 fully saturated rings. The molecular weight excluding hydrogens is 228 g/mol. The Morgan fingerprint density at radius 1 is 1.11 bits per heavy atom. The smallest absolute Gasteiger partial charge is 0.159 e. The lowest BCUT2D eigenvalue weighted by molar-refractivity contribution is -0.119. The molecule has 1 aromatic rings. The van der Waals surface area contributed by atoms with E-state index in [9.17, 15) is 9.59 Å². The summed E-state index contributed by atoms with van der Waals surface area (Å²) in [4.78, 5) is 22.4. The van der Waals surface area contributed by atoms with Crippen LogP contribution in [0.15, 0.2) is 24.3 Å². The number of carbonyl (C=O) groups is 2. The molecule has 1 rings (SSSR count). The van der Waals surface area contributed by atoms with Crippen molar-refractivity contribution in [2.75, 3.05) is 6.61 Å². The van der Waals surface area contributed by atoms with Crippen LogP contribution in [0.25, 0.3) is 0 Å². The van der Waals surface area contributed by atoms with Gasteiger partial charge in [-0.25, -0.2) is 0 Å². The summed E-state index contributed by atoms with van der Waals surface area (Å²) >= 11 is 0. The van der Waals surface area contributed by atoms with E-state index in [0.717, 1.165) is 18.6 Å². The summed E-state index contributed by atoms with van der Waals surface area (Å²) in [5, 5.41) is 0. The molecule has 0 unspecified atom stereocenters. The SMILES string of the molecule is CCCC(=O)CCCOc1ccc(C(C)=O)cc1. The van der Waals surface area contributed by atoms with Gasteiger partial charge in [0.05, 0.1) is 6.61 Å². The highest BCUT2D eigenvalue weighted by Gasteiger charge is 2.01. The highest BCUT2D eigenvalue weighted by atomic mass is 16.5. The number of ether oxygens (including phenoxy) is 1. The van der Waals surface area contributed by atoms with E-state index in [0.29, 0.717) is 30.8 Å². The van der Waals surface area contributed by atoms with Crippen LogP contribution in [-0.4, -0.2) is 18.2 Å². The third-order valence-electron chi connectivity index (χ3n) is 2.66. The molecule has 0 amide bonds. The molecule has 0 saturated heterocycles. The van der Waals surface area contributed by atoms with Gasteiger partial charge in [-0.2, -0.15) is 0 Å². The average Bonchev–Trinajstić information content (AvgIpc) is 2.35. The summed E-state index contributed by atoms with van der Waals surface area (Å²) in [5.74, 6) is 1.09. The van der Waals surface area contributed by atoms with Crippen molar-refractivity contribution in [1.82, 2.24) is 0 Å². The fourth-order valence-electron chi connectivity index (χ4n) is 1.65. The van der Waals surface area contributed by atoms with Crippen molar-refractivity contribution in [3.63, 3.8) is 0 Å². The Hall–Kier alpha value is -1.64. The standard InChI is InChI=1S/C15H20O3/c1-3-5-14(17)6-4-11-18-15-9-7-13(8-10-15)12(2)16/h7-10H,3-6,11H2,1-2H3. The molecule has 3 nitrogen and oxygen atoms in total. The second kappa shape index (κ2) is 7.64. The van der Waals surface area contributed by atoms with Gasteiger partial charge in [-0.05, 0) is 44.0 Å². The lowest BCUT2D eigenvalue weighted by Gasteiger charge is -2.06. The van der Waals surface area contributed by atoms with Crippen LogP contribution in [0.3, 0.4) is 0 Å². The third-order valence-corrected chi connectivity index (χ3v) is 2.66. The molecule has 0 spiro atoms. The molecule has 0 saturated carbocycles. The van der Waals surface area contributed by atoms with E-state index in [1.165, 1.54) is 6.92 Å². The van der Waals surface area contributed by atoms with E-state index < -0.39 is 0 Å². The van der Waals surface area contributed by atoms with Gasteiger partial charge in [0.2, 0.25) is 0 Å². The van der Waals surface area contributed by atoms with E-state index in [-0.39, 0.29) is 5.78 Å². The van der Waals surface area contributed by atoms with E-state index in [2.05, 4.69) is 0 Å². The van der Waals surface area contributed by atoms with Gasteiger partial charge < -0.3 is 4.74 Å². The Balaban J connectivity index is 2.27. The molecule has 0 radical (unpaired) electrons. The molecule has 3 heteroatoms. The van der Waals surface area contributed by atoms with Crippen LogP contribution in [0.1, 0.15) is 49.9 Å². The largest absolute Gasteiger partial charge is 0.494 e. The first-order valence-electron chi connectivity index (χ1n) is 6.39. The molecule has 0 aliphatic rings. The summed E-state index contributed by atoms with van der Waals surface area (Å²) in [5.41, 5.74) is 0.681. The van der Waals surface area contributed by atoms with Gasteiger partial charge >= 0.3 is 0 Å². The van der Waals surface area contributed by atoms with Crippen LogP contribution >= 0.6 is 0 Å². The lowest BCUT2D eigenvalue weighted by Crippen LogP contribution is -2.03. The van der Waals surface area contributed by atoms with E-state index in [1.54, 1.807) is 24.3 Å². The molecule has 18 heavy (non-hydrogen) atoms. The van der Waals surface area contributed by atoms with Gasteiger partial charge in [0.15, 0.2) is 5.78 Å².